The van der Waals surface area contributed by atoms with Gasteiger partial charge in [0.1, 0.15) is 0 Å². The van der Waals surface area contributed by atoms with Gasteiger partial charge in [-0.1, -0.05) is 142 Å². The van der Waals surface area contributed by atoms with Crippen molar-refractivity contribution >= 4 is 5.91 Å². The number of rotatable bonds is 29. The number of nitrogens with one attached hydrogen (secondary N) is 1. The molecule has 37 heavy (non-hydrogen) atoms. The summed E-state index contributed by atoms with van der Waals surface area (Å²) in [4.78, 5) is 12.2. The van der Waals surface area contributed by atoms with Crippen molar-refractivity contribution in [1.82, 2.24) is 5.32 Å². The number of amides is 1. The van der Waals surface area contributed by atoms with Crippen LogP contribution in [0.2, 0.25) is 0 Å². The van der Waals surface area contributed by atoms with Crippen molar-refractivity contribution in [3.8, 4) is 0 Å². The Morgan fingerprint density at radius 2 is 1.03 bits per heavy atom. The van der Waals surface area contributed by atoms with Crippen LogP contribution in [0, 0.1) is 0 Å². The van der Waals surface area contributed by atoms with Crippen LogP contribution in [0.1, 0.15) is 174 Å². The summed E-state index contributed by atoms with van der Waals surface area (Å²) in [5.41, 5.74) is 0. The van der Waals surface area contributed by atoms with E-state index in [4.69, 9.17) is 0 Å². The van der Waals surface area contributed by atoms with Crippen LogP contribution in [-0.2, 0) is 4.79 Å². The highest BCUT2D eigenvalue weighted by atomic mass is 16.3. The number of unbranched alkanes of at least 4 members (excludes halogenated alkanes) is 20. The van der Waals surface area contributed by atoms with E-state index in [1.54, 1.807) is 0 Å². The summed E-state index contributed by atoms with van der Waals surface area (Å²) in [7, 11) is 0. The van der Waals surface area contributed by atoms with Crippen LogP contribution in [0.25, 0.3) is 0 Å². The number of carbonyl (C=O) groups is 1. The Labute approximate surface area is 231 Å². The van der Waals surface area contributed by atoms with Crippen molar-refractivity contribution in [2.45, 2.75) is 187 Å². The second-order valence-electron chi connectivity index (χ2n) is 11.2. The average molecular weight is 524 g/mol. The molecule has 220 valence electrons. The molecule has 2 atom stereocenters. The van der Waals surface area contributed by atoms with Gasteiger partial charge in [-0.25, -0.2) is 0 Å². The van der Waals surface area contributed by atoms with E-state index < -0.39 is 12.1 Å². The lowest BCUT2D eigenvalue weighted by atomic mass is 10.0. The number of hydrogen-bond acceptors (Lipinski definition) is 3. The lowest BCUT2D eigenvalue weighted by molar-refractivity contribution is -0.123. The van der Waals surface area contributed by atoms with E-state index in [0.717, 1.165) is 32.1 Å². The number of carbonyl (C=O) groups excluding carboxylic acids is 1. The van der Waals surface area contributed by atoms with Gasteiger partial charge in [0, 0.05) is 6.42 Å². The lowest BCUT2D eigenvalue weighted by Gasteiger charge is -2.22. The van der Waals surface area contributed by atoms with Crippen molar-refractivity contribution in [3.63, 3.8) is 0 Å². The fraction of sp³-hybridized carbons (Fsp3) is 0.909. The first-order valence-corrected chi connectivity index (χ1v) is 16.4. The normalized spacial score (nSPS) is 13.3. The van der Waals surface area contributed by atoms with E-state index in [2.05, 4.69) is 31.3 Å². The van der Waals surface area contributed by atoms with Gasteiger partial charge < -0.3 is 15.5 Å². The van der Waals surface area contributed by atoms with E-state index >= 15 is 0 Å². The smallest absolute Gasteiger partial charge is 0.220 e. The second kappa shape index (κ2) is 29.7. The third kappa shape index (κ3) is 26.5. The molecule has 0 aromatic rings. The Hall–Kier alpha value is -0.870. The van der Waals surface area contributed by atoms with Gasteiger partial charge >= 0.3 is 0 Å². The molecule has 4 nitrogen and oxygen atoms in total. The fourth-order valence-corrected chi connectivity index (χ4v) is 4.94. The minimum absolute atomic E-state index is 0.0430. The van der Waals surface area contributed by atoms with E-state index in [1.165, 1.54) is 116 Å². The summed E-state index contributed by atoms with van der Waals surface area (Å²) in [6, 6.07) is -0.528. The highest BCUT2D eigenvalue weighted by Gasteiger charge is 2.19. The molecule has 0 saturated carbocycles. The zero-order valence-electron chi connectivity index (χ0n) is 25.0. The molecule has 0 aromatic heterocycles. The quantitative estimate of drug-likeness (QED) is 0.0676. The highest BCUT2D eigenvalue weighted by molar-refractivity contribution is 5.76. The largest absolute Gasteiger partial charge is 0.394 e. The molecule has 0 saturated heterocycles. The third-order valence-corrected chi connectivity index (χ3v) is 7.53. The van der Waals surface area contributed by atoms with Crippen LogP contribution in [0.3, 0.4) is 0 Å². The number of allylic oxidation sites excluding steroid dienone is 2. The van der Waals surface area contributed by atoms with Crippen LogP contribution in [0.5, 0.6) is 0 Å². The molecule has 0 aliphatic heterocycles. The molecule has 2 unspecified atom stereocenters. The zero-order valence-corrected chi connectivity index (χ0v) is 25.0. The van der Waals surface area contributed by atoms with Gasteiger partial charge in [-0.3, -0.25) is 4.79 Å². The monoisotopic (exact) mass is 523 g/mol. The van der Waals surface area contributed by atoms with Crippen molar-refractivity contribution < 1.29 is 15.0 Å². The van der Waals surface area contributed by atoms with Gasteiger partial charge in [0.05, 0.1) is 18.8 Å². The molecule has 0 aliphatic rings. The first-order valence-electron chi connectivity index (χ1n) is 16.4. The Morgan fingerprint density at radius 1 is 0.622 bits per heavy atom. The molecule has 3 N–H and O–H groups in total. The fourth-order valence-electron chi connectivity index (χ4n) is 4.94. The Bertz CT molecular complexity index is 494. The molecular weight excluding hydrogens is 458 g/mol. The summed E-state index contributed by atoms with van der Waals surface area (Å²) in [5, 5.41) is 22.6. The van der Waals surface area contributed by atoms with Gasteiger partial charge in [0.25, 0.3) is 0 Å². The van der Waals surface area contributed by atoms with Crippen LogP contribution in [-0.4, -0.2) is 34.9 Å². The molecule has 0 spiro atoms. The van der Waals surface area contributed by atoms with Crippen molar-refractivity contribution in [2.75, 3.05) is 6.61 Å². The maximum atomic E-state index is 12.2. The van der Waals surface area contributed by atoms with Crippen LogP contribution < -0.4 is 5.32 Å². The summed E-state index contributed by atoms with van der Waals surface area (Å²) in [6.45, 7) is 4.24. The molecule has 0 bridgehead atoms. The molecule has 4 heteroatoms. The maximum absolute atomic E-state index is 12.2. The van der Waals surface area contributed by atoms with E-state index in [9.17, 15) is 15.0 Å². The Balaban J connectivity index is 3.43. The van der Waals surface area contributed by atoms with E-state index in [1.807, 2.05) is 0 Å². The minimum atomic E-state index is -0.651. The van der Waals surface area contributed by atoms with Gasteiger partial charge in [-0.2, -0.15) is 0 Å². The molecule has 0 rings (SSSR count). The Morgan fingerprint density at radius 3 is 1.49 bits per heavy atom. The van der Waals surface area contributed by atoms with Crippen LogP contribution >= 0.6 is 0 Å². The lowest BCUT2D eigenvalue weighted by Crippen LogP contribution is -2.45. The molecule has 0 aromatic carbocycles. The summed E-state index contributed by atoms with van der Waals surface area (Å²) in [5.74, 6) is -0.0430. The van der Waals surface area contributed by atoms with Crippen LogP contribution in [0.4, 0.5) is 0 Å². The molecule has 0 fully saturated rings. The zero-order chi connectivity index (χ0) is 27.2. The predicted molar refractivity (Wildman–Crippen MR) is 161 cm³/mol. The van der Waals surface area contributed by atoms with Gasteiger partial charge in [-0.15, -0.1) is 0 Å². The summed E-state index contributed by atoms with van der Waals surface area (Å²) >= 11 is 0. The third-order valence-electron chi connectivity index (χ3n) is 7.53. The van der Waals surface area contributed by atoms with Gasteiger partial charge in [-0.05, 0) is 38.5 Å². The number of hydrogen-bond donors (Lipinski definition) is 3. The molecule has 1 amide bonds. The van der Waals surface area contributed by atoms with Crippen molar-refractivity contribution in [3.05, 3.63) is 12.2 Å². The average Bonchev–Trinajstić information content (AvgIpc) is 2.90. The van der Waals surface area contributed by atoms with Crippen LogP contribution in [0.15, 0.2) is 12.2 Å². The standard InChI is InChI=1S/C33H65NO3/c1-3-5-7-9-10-11-12-13-14-15-16-17-18-19-20-21-22-23-24-25-27-29-33(37)34-31(30-35)32(36)28-26-8-6-4-2/h15-16,31-32,35-36H,3-14,17-30H2,1-2H3,(H,34,37)/b16-15-. The molecule has 0 aliphatic carbocycles. The van der Waals surface area contributed by atoms with Gasteiger partial charge in [0.2, 0.25) is 5.91 Å². The second-order valence-corrected chi connectivity index (χ2v) is 11.2. The molecule has 0 heterocycles. The summed E-state index contributed by atoms with van der Waals surface area (Å²) in [6.07, 6.45) is 34.4. The van der Waals surface area contributed by atoms with Crippen molar-refractivity contribution in [1.29, 1.82) is 0 Å². The van der Waals surface area contributed by atoms with Gasteiger partial charge in [0.15, 0.2) is 0 Å². The SMILES string of the molecule is CCCCCCCCCC/C=C\CCCCCCCCCCCC(=O)NC(CO)C(O)CCCCCC. The number of aliphatic hydroxyl groups is 2. The van der Waals surface area contributed by atoms with E-state index in [0.29, 0.717) is 12.8 Å². The highest BCUT2D eigenvalue weighted by Crippen LogP contribution is 2.13. The topological polar surface area (TPSA) is 69.6 Å². The predicted octanol–water partition coefficient (Wildman–Crippen LogP) is 9.17. The minimum Gasteiger partial charge on any atom is -0.394 e. The van der Waals surface area contributed by atoms with E-state index in [-0.39, 0.29) is 12.5 Å². The first-order chi connectivity index (χ1) is 18.2. The maximum Gasteiger partial charge on any atom is 0.220 e. The van der Waals surface area contributed by atoms with Crippen molar-refractivity contribution in [2.24, 2.45) is 0 Å². The Kier molecular flexibility index (Phi) is 29.0. The molecular formula is C33H65NO3. The summed E-state index contributed by atoms with van der Waals surface area (Å²) < 4.78 is 0. The molecule has 0 radical (unpaired) electrons. The first kappa shape index (κ1) is 36.1. The number of aliphatic hydroxyl groups excluding tert-OH is 2.